The molecule has 2 heterocycles. The molecule has 0 spiro atoms. The third-order valence-corrected chi connectivity index (χ3v) is 3.30. The van der Waals surface area contributed by atoms with E-state index in [4.69, 9.17) is 0 Å². The number of rotatable bonds is 4. The highest BCUT2D eigenvalue weighted by Gasteiger charge is 2.18. The Bertz CT molecular complexity index is 751. The van der Waals surface area contributed by atoms with E-state index in [1.807, 2.05) is 11.6 Å². The maximum absolute atomic E-state index is 12.2. The molecule has 1 N–H and O–H groups in total. The van der Waals surface area contributed by atoms with Crippen molar-refractivity contribution in [3.63, 3.8) is 0 Å². The summed E-state index contributed by atoms with van der Waals surface area (Å²) in [6.45, 7) is 5.45. The van der Waals surface area contributed by atoms with Crippen molar-refractivity contribution in [2.75, 3.05) is 7.05 Å². The Morgan fingerprint density at radius 2 is 1.85 bits per heavy atom. The molecule has 0 fully saturated rings. The van der Waals surface area contributed by atoms with Gasteiger partial charge in [-0.25, -0.2) is 9.78 Å². The Labute approximate surface area is 116 Å². The second-order valence-corrected chi connectivity index (χ2v) is 5.44. The van der Waals surface area contributed by atoms with Gasteiger partial charge in [0.05, 0.1) is 6.54 Å². The largest absolute Gasteiger partial charge is 0.332 e. The molecule has 0 saturated carbocycles. The molecule has 0 aliphatic heterocycles. The van der Waals surface area contributed by atoms with Gasteiger partial charge in [0, 0.05) is 20.6 Å². The van der Waals surface area contributed by atoms with Gasteiger partial charge >= 0.3 is 5.69 Å². The van der Waals surface area contributed by atoms with Gasteiger partial charge in [-0.3, -0.25) is 13.9 Å². The molecule has 2 rings (SSSR count). The van der Waals surface area contributed by atoms with Gasteiger partial charge in [0.1, 0.15) is 11.5 Å². The zero-order valence-corrected chi connectivity index (χ0v) is 12.6. The Morgan fingerprint density at radius 1 is 1.20 bits per heavy atom. The quantitative estimate of drug-likeness (QED) is 0.842. The minimum atomic E-state index is -0.344. The Kier molecular flexibility index (Phi) is 3.80. The van der Waals surface area contributed by atoms with Crippen LogP contribution in [-0.2, 0) is 27.2 Å². The second-order valence-electron chi connectivity index (χ2n) is 5.44. The minimum Gasteiger partial charge on any atom is -0.313 e. The molecule has 20 heavy (non-hydrogen) atoms. The summed E-state index contributed by atoms with van der Waals surface area (Å²) < 4.78 is 4.54. The molecule has 2 aromatic rings. The molecule has 0 radical (unpaired) electrons. The first-order valence-corrected chi connectivity index (χ1v) is 6.68. The molecule has 110 valence electrons. The van der Waals surface area contributed by atoms with E-state index in [0.717, 1.165) is 10.4 Å². The highest BCUT2D eigenvalue weighted by Crippen LogP contribution is 2.13. The van der Waals surface area contributed by atoms with Crippen LogP contribution < -0.4 is 16.6 Å². The molecule has 0 aromatic carbocycles. The number of imidazole rings is 1. The second kappa shape index (κ2) is 5.24. The predicted octanol–water partition coefficient (Wildman–Crippen LogP) is -0.191. The smallest absolute Gasteiger partial charge is 0.313 e. The van der Waals surface area contributed by atoms with Crippen LogP contribution in [0.5, 0.6) is 0 Å². The minimum absolute atomic E-state index is 0.330. The summed E-state index contributed by atoms with van der Waals surface area (Å²) in [5, 5.41) is 3.05. The van der Waals surface area contributed by atoms with Crippen LogP contribution in [0.2, 0.25) is 0 Å². The number of nitrogens with zero attached hydrogens (tertiary/aromatic N) is 4. The molecule has 0 aliphatic rings. The molecule has 0 aliphatic carbocycles. The molecule has 0 bridgehead atoms. The molecule has 0 unspecified atom stereocenters. The van der Waals surface area contributed by atoms with E-state index in [-0.39, 0.29) is 11.2 Å². The third kappa shape index (κ3) is 2.18. The van der Waals surface area contributed by atoms with Crippen LogP contribution in [0.25, 0.3) is 11.2 Å². The number of hydrogen-bond donors (Lipinski definition) is 1. The maximum atomic E-state index is 12.2. The Hall–Kier alpha value is -1.89. The van der Waals surface area contributed by atoms with E-state index >= 15 is 0 Å². The van der Waals surface area contributed by atoms with Crippen molar-refractivity contribution >= 4 is 11.2 Å². The van der Waals surface area contributed by atoms with Crippen molar-refractivity contribution in [3.05, 3.63) is 26.7 Å². The molecule has 0 saturated heterocycles. The average Bonchev–Trinajstić information content (AvgIpc) is 2.73. The van der Waals surface area contributed by atoms with Gasteiger partial charge in [0.25, 0.3) is 5.56 Å². The summed E-state index contributed by atoms with van der Waals surface area (Å²) in [6.07, 6.45) is 0. The number of fused-ring (bicyclic) bond motifs is 1. The zero-order chi connectivity index (χ0) is 15.0. The van der Waals surface area contributed by atoms with Gasteiger partial charge in [-0.2, -0.15) is 0 Å². The first kappa shape index (κ1) is 14.5. The van der Waals surface area contributed by atoms with Crippen LogP contribution in [0, 0.1) is 5.92 Å². The summed E-state index contributed by atoms with van der Waals surface area (Å²) in [7, 11) is 4.98. The maximum Gasteiger partial charge on any atom is 0.332 e. The first-order valence-electron chi connectivity index (χ1n) is 6.68. The lowest BCUT2D eigenvalue weighted by molar-refractivity contribution is 0.503. The number of nitrogens with one attached hydrogen (secondary N) is 1. The molecule has 2 aromatic heterocycles. The lowest BCUT2D eigenvalue weighted by Gasteiger charge is -2.13. The van der Waals surface area contributed by atoms with E-state index in [9.17, 15) is 9.59 Å². The fourth-order valence-corrected chi connectivity index (χ4v) is 2.38. The van der Waals surface area contributed by atoms with Crippen LogP contribution in [0.15, 0.2) is 9.59 Å². The Morgan fingerprint density at radius 3 is 2.40 bits per heavy atom. The van der Waals surface area contributed by atoms with E-state index in [0.29, 0.717) is 30.2 Å². The van der Waals surface area contributed by atoms with Crippen LogP contribution in [0.4, 0.5) is 0 Å². The van der Waals surface area contributed by atoms with E-state index < -0.39 is 0 Å². The van der Waals surface area contributed by atoms with Crippen LogP contribution in [0.3, 0.4) is 0 Å². The molecule has 0 atom stereocenters. The first-order chi connectivity index (χ1) is 9.38. The molecular weight excluding hydrogens is 258 g/mol. The van der Waals surface area contributed by atoms with Crippen molar-refractivity contribution in [1.82, 2.24) is 24.0 Å². The topological polar surface area (TPSA) is 73.8 Å². The van der Waals surface area contributed by atoms with Crippen molar-refractivity contribution < 1.29 is 0 Å². The lowest BCUT2D eigenvalue weighted by Crippen LogP contribution is -2.37. The van der Waals surface area contributed by atoms with Crippen molar-refractivity contribution in [1.29, 1.82) is 0 Å². The van der Waals surface area contributed by atoms with Gasteiger partial charge in [0.2, 0.25) is 0 Å². The third-order valence-electron chi connectivity index (χ3n) is 3.30. The number of aryl methyl sites for hydroxylation is 1. The highest BCUT2D eigenvalue weighted by molar-refractivity contribution is 5.70. The fraction of sp³-hybridized carbons (Fsp3) is 0.615. The van der Waals surface area contributed by atoms with Crippen LogP contribution in [-0.4, -0.2) is 25.7 Å². The predicted molar refractivity (Wildman–Crippen MR) is 77.8 cm³/mol. The van der Waals surface area contributed by atoms with E-state index in [1.165, 1.54) is 11.6 Å². The van der Waals surface area contributed by atoms with E-state index in [1.54, 1.807) is 7.05 Å². The monoisotopic (exact) mass is 279 g/mol. The van der Waals surface area contributed by atoms with Gasteiger partial charge in [-0.1, -0.05) is 13.8 Å². The van der Waals surface area contributed by atoms with Crippen molar-refractivity contribution in [3.8, 4) is 0 Å². The van der Waals surface area contributed by atoms with Gasteiger partial charge in [-0.15, -0.1) is 0 Å². The van der Waals surface area contributed by atoms with E-state index in [2.05, 4.69) is 24.1 Å². The van der Waals surface area contributed by atoms with Crippen LogP contribution >= 0.6 is 0 Å². The fourth-order valence-electron chi connectivity index (χ4n) is 2.38. The van der Waals surface area contributed by atoms with Crippen LogP contribution in [0.1, 0.15) is 19.7 Å². The van der Waals surface area contributed by atoms with Gasteiger partial charge in [-0.05, 0) is 13.0 Å². The van der Waals surface area contributed by atoms with Crippen molar-refractivity contribution in [2.24, 2.45) is 20.0 Å². The molecular formula is C13H21N5O2. The molecule has 0 amide bonds. The summed E-state index contributed by atoms with van der Waals surface area (Å²) >= 11 is 0. The average molecular weight is 279 g/mol. The summed E-state index contributed by atoms with van der Waals surface area (Å²) in [4.78, 5) is 28.7. The lowest BCUT2D eigenvalue weighted by atomic mass is 10.2. The standard InChI is InChI=1S/C13H21N5O2/c1-8(2)7-18-9(6-14-3)15-10-11(18)16(4)13(20)17(5)12(10)19/h8,14H,6-7H2,1-5H3. The van der Waals surface area contributed by atoms with Gasteiger partial charge in [0.15, 0.2) is 5.52 Å². The normalized spacial score (nSPS) is 11.7. The summed E-state index contributed by atoms with van der Waals surface area (Å²) in [6, 6.07) is 0. The van der Waals surface area contributed by atoms with Crippen molar-refractivity contribution in [2.45, 2.75) is 26.9 Å². The highest BCUT2D eigenvalue weighted by atomic mass is 16.2. The zero-order valence-electron chi connectivity index (χ0n) is 12.6. The van der Waals surface area contributed by atoms with Gasteiger partial charge < -0.3 is 9.88 Å². The summed E-state index contributed by atoms with van der Waals surface area (Å²) in [5.74, 6) is 1.16. The SMILES string of the molecule is CNCc1nc2c(=O)n(C)c(=O)n(C)c2n1CC(C)C. The number of aromatic nitrogens is 4. The molecule has 7 heteroatoms. The number of hydrogen-bond acceptors (Lipinski definition) is 4. The summed E-state index contributed by atoms with van der Waals surface area (Å²) in [5.41, 5.74) is 0.268. The Balaban J connectivity index is 2.89. The molecule has 7 nitrogen and oxygen atoms in total.